The molecule has 1 unspecified atom stereocenters. The lowest BCUT2D eigenvalue weighted by Crippen LogP contribution is -2.54. The maximum absolute atomic E-state index is 14.3. The summed E-state index contributed by atoms with van der Waals surface area (Å²) < 4.78 is 29.1. The third-order valence-electron chi connectivity index (χ3n) is 7.86. The zero-order chi connectivity index (χ0) is 30.3. The van der Waals surface area contributed by atoms with Gasteiger partial charge in [0, 0.05) is 17.6 Å². The summed E-state index contributed by atoms with van der Waals surface area (Å²) in [6.07, 6.45) is 5.53. The van der Waals surface area contributed by atoms with Gasteiger partial charge < -0.3 is 10.2 Å². The number of halogens is 1. The molecule has 4 rings (SSSR count). The van der Waals surface area contributed by atoms with Crippen LogP contribution in [0, 0.1) is 13.8 Å². The zero-order valence-electron chi connectivity index (χ0n) is 24.6. The molecule has 9 heteroatoms. The van der Waals surface area contributed by atoms with E-state index in [-0.39, 0.29) is 23.4 Å². The van der Waals surface area contributed by atoms with Crippen LogP contribution in [-0.2, 0) is 26.2 Å². The molecule has 0 radical (unpaired) electrons. The fourth-order valence-electron chi connectivity index (χ4n) is 5.44. The van der Waals surface area contributed by atoms with E-state index in [1.165, 1.54) is 17.0 Å². The molecule has 3 aromatic rings. The first kappa shape index (κ1) is 31.6. The molecule has 1 saturated carbocycles. The SMILES string of the molecule is CCC(C(=O)NC1CCCCC1)N(Cc1ccc(C)cc1)C(=O)CN(c1cc(Cl)ccc1C)S(=O)(=O)c1ccccc1. The molecule has 1 fully saturated rings. The van der Waals surface area contributed by atoms with Crippen molar-refractivity contribution in [2.75, 3.05) is 10.8 Å². The van der Waals surface area contributed by atoms with E-state index in [1.54, 1.807) is 43.3 Å². The van der Waals surface area contributed by atoms with Crippen LogP contribution in [0.5, 0.6) is 0 Å². The Bertz CT molecular complexity index is 1470. The molecule has 0 bridgehead atoms. The summed E-state index contributed by atoms with van der Waals surface area (Å²) in [6, 6.07) is 20.1. The summed E-state index contributed by atoms with van der Waals surface area (Å²) >= 11 is 6.31. The minimum absolute atomic E-state index is 0.0596. The van der Waals surface area contributed by atoms with Crippen LogP contribution in [0.3, 0.4) is 0 Å². The molecule has 3 aromatic carbocycles. The highest BCUT2D eigenvalue weighted by Gasteiger charge is 2.35. The molecule has 7 nitrogen and oxygen atoms in total. The van der Waals surface area contributed by atoms with Crippen LogP contribution < -0.4 is 9.62 Å². The number of benzene rings is 3. The Morgan fingerprint density at radius 1 is 0.952 bits per heavy atom. The summed E-state index contributed by atoms with van der Waals surface area (Å²) in [5, 5.41) is 3.53. The van der Waals surface area contributed by atoms with Crippen molar-refractivity contribution in [3.05, 3.63) is 94.5 Å². The summed E-state index contributed by atoms with van der Waals surface area (Å²) in [7, 11) is -4.15. The predicted octanol–water partition coefficient (Wildman–Crippen LogP) is 6.41. The summed E-state index contributed by atoms with van der Waals surface area (Å²) in [6.45, 7) is 5.32. The van der Waals surface area contributed by atoms with Crippen molar-refractivity contribution in [2.24, 2.45) is 0 Å². The maximum Gasteiger partial charge on any atom is 0.264 e. The van der Waals surface area contributed by atoms with Crippen molar-refractivity contribution >= 4 is 39.1 Å². The fourth-order valence-corrected chi connectivity index (χ4v) is 7.10. The van der Waals surface area contributed by atoms with Gasteiger partial charge in [-0.3, -0.25) is 13.9 Å². The van der Waals surface area contributed by atoms with Gasteiger partial charge in [-0.15, -0.1) is 0 Å². The molecule has 0 saturated heterocycles. The monoisotopic (exact) mass is 609 g/mol. The van der Waals surface area contributed by atoms with E-state index < -0.39 is 28.5 Å². The summed E-state index contributed by atoms with van der Waals surface area (Å²) in [5.41, 5.74) is 2.90. The number of nitrogens with one attached hydrogen (secondary N) is 1. The molecule has 0 heterocycles. The van der Waals surface area contributed by atoms with E-state index in [0.717, 1.165) is 47.5 Å². The number of amides is 2. The fraction of sp³-hybridized carbons (Fsp3) is 0.394. The number of carbonyl (C=O) groups excluding carboxylic acids is 2. The van der Waals surface area contributed by atoms with Gasteiger partial charge in [-0.05, 0) is 68.5 Å². The highest BCUT2D eigenvalue weighted by molar-refractivity contribution is 7.92. The minimum Gasteiger partial charge on any atom is -0.352 e. The van der Waals surface area contributed by atoms with Crippen LogP contribution in [0.1, 0.15) is 62.1 Å². The molecular weight excluding hydrogens is 570 g/mol. The van der Waals surface area contributed by atoms with Gasteiger partial charge in [0.1, 0.15) is 12.6 Å². The van der Waals surface area contributed by atoms with E-state index in [2.05, 4.69) is 5.32 Å². The highest BCUT2D eigenvalue weighted by Crippen LogP contribution is 2.30. The van der Waals surface area contributed by atoms with Crippen molar-refractivity contribution in [3.8, 4) is 0 Å². The smallest absolute Gasteiger partial charge is 0.264 e. The van der Waals surface area contributed by atoms with E-state index in [4.69, 9.17) is 11.6 Å². The van der Waals surface area contributed by atoms with Crippen molar-refractivity contribution in [2.45, 2.75) is 82.8 Å². The minimum atomic E-state index is -4.15. The molecule has 1 aliphatic rings. The second kappa shape index (κ2) is 14.2. The standard InChI is InChI=1S/C33H40ClN3O4S/c1-4-30(33(39)35-28-11-7-5-8-12-28)36(22-26-18-15-24(2)16-19-26)32(38)23-37(31-21-27(34)20-17-25(31)3)42(40,41)29-13-9-6-10-14-29/h6,9-10,13-21,28,30H,4-5,7-8,11-12,22-23H2,1-3H3,(H,35,39). The third kappa shape index (κ3) is 7.72. The van der Waals surface area contributed by atoms with Crippen LogP contribution in [0.4, 0.5) is 5.69 Å². The molecular formula is C33H40ClN3O4S. The topological polar surface area (TPSA) is 86.8 Å². The number of anilines is 1. The first-order chi connectivity index (χ1) is 20.1. The van der Waals surface area contributed by atoms with Crippen LogP contribution in [0.25, 0.3) is 0 Å². The molecule has 224 valence electrons. The predicted molar refractivity (Wildman–Crippen MR) is 168 cm³/mol. The Balaban J connectivity index is 1.72. The first-order valence-electron chi connectivity index (χ1n) is 14.6. The number of nitrogens with zero attached hydrogens (tertiary/aromatic N) is 2. The molecule has 0 aliphatic heterocycles. The lowest BCUT2D eigenvalue weighted by atomic mass is 9.95. The molecule has 1 N–H and O–H groups in total. The Labute approximate surface area is 254 Å². The number of carbonyl (C=O) groups is 2. The zero-order valence-corrected chi connectivity index (χ0v) is 26.1. The molecule has 1 aliphatic carbocycles. The lowest BCUT2D eigenvalue weighted by Gasteiger charge is -2.34. The molecule has 2 amide bonds. The van der Waals surface area contributed by atoms with Crippen molar-refractivity contribution in [1.82, 2.24) is 10.2 Å². The van der Waals surface area contributed by atoms with Crippen LogP contribution in [-0.4, -0.2) is 43.8 Å². The average Bonchev–Trinajstić information content (AvgIpc) is 2.99. The largest absolute Gasteiger partial charge is 0.352 e. The van der Waals surface area contributed by atoms with Gasteiger partial charge in [-0.25, -0.2) is 8.42 Å². The number of hydrogen-bond donors (Lipinski definition) is 1. The van der Waals surface area contributed by atoms with Crippen LogP contribution in [0.2, 0.25) is 5.02 Å². The second-order valence-corrected chi connectivity index (χ2v) is 13.3. The van der Waals surface area contributed by atoms with E-state index in [1.807, 2.05) is 38.1 Å². The van der Waals surface area contributed by atoms with Gasteiger partial charge in [0.05, 0.1) is 10.6 Å². The van der Waals surface area contributed by atoms with Crippen molar-refractivity contribution in [1.29, 1.82) is 0 Å². The average molecular weight is 610 g/mol. The number of aryl methyl sites for hydroxylation is 2. The lowest BCUT2D eigenvalue weighted by molar-refractivity contribution is -0.140. The maximum atomic E-state index is 14.3. The molecule has 0 aromatic heterocycles. The Hall–Kier alpha value is -3.36. The van der Waals surface area contributed by atoms with Crippen LogP contribution in [0.15, 0.2) is 77.7 Å². The Kier molecular flexibility index (Phi) is 10.7. The van der Waals surface area contributed by atoms with Crippen LogP contribution >= 0.6 is 11.6 Å². The van der Waals surface area contributed by atoms with Crippen molar-refractivity contribution < 1.29 is 18.0 Å². The Morgan fingerprint density at radius 2 is 1.62 bits per heavy atom. The first-order valence-corrected chi connectivity index (χ1v) is 16.4. The van der Waals surface area contributed by atoms with Gasteiger partial charge >= 0.3 is 0 Å². The summed E-state index contributed by atoms with van der Waals surface area (Å²) in [5.74, 6) is -0.679. The molecule has 1 atom stereocenters. The molecule has 42 heavy (non-hydrogen) atoms. The summed E-state index contributed by atoms with van der Waals surface area (Å²) in [4.78, 5) is 29.5. The van der Waals surface area contributed by atoms with E-state index >= 15 is 0 Å². The van der Waals surface area contributed by atoms with Gasteiger partial charge in [-0.1, -0.05) is 91.9 Å². The normalized spacial score (nSPS) is 14.7. The number of rotatable bonds is 11. The quantitative estimate of drug-likeness (QED) is 0.272. The van der Waals surface area contributed by atoms with E-state index in [9.17, 15) is 18.0 Å². The van der Waals surface area contributed by atoms with Gasteiger partial charge in [0.25, 0.3) is 10.0 Å². The number of sulfonamides is 1. The second-order valence-electron chi connectivity index (χ2n) is 11.0. The van der Waals surface area contributed by atoms with Gasteiger partial charge in [0.2, 0.25) is 11.8 Å². The van der Waals surface area contributed by atoms with Gasteiger partial charge in [-0.2, -0.15) is 0 Å². The van der Waals surface area contributed by atoms with Gasteiger partial charge in [0.15, 0.2) is 0 Å². The highest BCUT2D eigenvalue weighted by atomic mass is 35.5. The Morgan fingerprint density at radius 3 is 2.26 bits per heavy atom. The van der Waals surface area contributed by atoms with Crippen molar-refractivity contribution in [3.63, 3.8) is 0 Å². The number of hydrogen-bond acceptors (Lipinski definition) is 4. The molecule has 0 spiro atoms. The third-order valence-corrected chi connectivity index (χ3v) is 9.87. The van der Waals surface area contributed by atoms with E-state index in [0.29, 0.717) is 22.7 Å².